The van der Waals surface area contributed by atoms with E-state index in [1.807, 2.05) is 0 Å². The molecule has 3 nitrogen and oxygen atoms in total. The number of nitrogens with one attached hydrogen (secondary N) is 1. The fraction of sp³-hybridized carbons (Fsp3) is 0.833. The number of halogens is 1. The summed E-state index contributed by atoms with van der Waals surface area (Å²) in [4.78, 5) is 10.3. The topological polar surface area (TPSA) is 49.3 Å². The lowest BCUT2D eigenvalue weighted by Gasteiger charge is -2.05. The molecule has 0 bridgehead atoms. The smallest absolute Gasteiger partial charge is 0.320 e. The molecule has 0 unspecified atom stereocenters. The second kappa shape index (κ2) is 2.96. The molecule has 0 radical (unpaired) electrons. The van der Waals surface area contributed by atoms with E-state index < -0.39 is 18.7 Å². The third kappa shape index (κ3) is 1.44. The molecular weight excluding hydrogens is 137 g/mol. The Morgan fingerprint density at radius 1 is 1.70 bits per heavy atom. The van der Waals surface area contributed by atoms with Crippen molar-refractivity contribution in [3.63, 3.8) is 0 Å². The van der Waals surface area contributed by atoms with E-state index in [2.05, 4.69) is 5.32 Å². The van der Waals surface area contributed by atoms with Gasteiger partial charge in [-0.3, -0.25) is 10.1 Å². The standard InChI is InChI=1S/C6H10FNO2/c7-3-4-1-2-5(8-4)6(9)10/h4-5,8H,1-3H2,(H,9,10)/t4-,5-/m0/s1. The van der Waals surface area contributed by atoms with Crippen molar-refractivity contribution in [2.75, 3.05) is 6.67 Å². The molecular formula is C6H10FNO2. The zero-order valence-corrected chi connectivity index (χ0v) is 5.51. The minimum atomic E-state index is -0.879. The van der Waals surface area contributed by atoms with Gasteiger partial charge >= 0.3 is 5.97 Å². The van der Waals surface area contributed by atoms with Gasteiger partial charge in [-0.05, 0) is 12.8 Å². The third-order valence-corrected chi connectivity index (χ3v) is 1.73. The zero-order chi connectivity index (χ0) is 7.56. The van der Waals surface area contributed by atoms with Crippen LogP contribution in [0.2, 0.25) is 0 Å². The lowest BCUT2D eigenvalue weighted by atomic mass is 10.2. The van der Waals surface area contributed by atoms with Crippen LogP contribution in [0.4, 0.5) is 4.39 Å². The zero-order valence-electron chi connectivity index (χ0n) is 5.51. The largest absolute Gasteiger partial charge is 0.480 e. The van der Waals surface area contributed by atoms with Crippen LogP contribution in [-0.4, -0.2) is 29.8 Å². The van der Waals surface area contributed by atoms with Gasteiger partial charge in [-0.1, -0.05) is 0 Å². The van der Waals surface area contributed by atoms with Crippen molar-refractivity contribution in [2.45, 2.75) is 24.9 Å². The highest BCUT2D eigenvalue weighted by atomic mass is 19.1. The average Bonchev–Trinajstić information content (AvgIpc) is 2.34. The Labute approximate surface area is 58.2 Å². The minimum absolute atomic E-state index is 0.235. The first kappa shape index (κ1) is 7.47. The van der Waals surface area contributed by atoms with E-state index in [0.717, 1.165) is 0 Å². The van der Waals surface area contributed by atoms with Gasteiger partial charge in [0.25, 0.3) is 0 Å². The first-order valence-electron chi connectivity index (χ1n) is 3.29. The fourth-order valence-corrected chi connectivity index (χ4v) is 1.14. The first-order valence-corrected chi connectivity index (χ1v) is 3.29. The number of hydrogen-bond donors (Lipinski definition) is 2. The Morgan fingerprint density at radius 2 is 2.40 bits per heavy atom. The van der Waals surface area contributed by atoms with Crippen LogP contribution in [0.3, 0.4) is 0 Å². The van der Waals surface area contributed by atoms with E-state index in [0.29, 0.717) is 12.8 Å². The molecule has 0 saturated carbocycles. The van der Waals surface area contributed by atoms with Crippen molar-refractivity contribution < 1.29 is 14.3 Å². The molecule has 1 aliphatic heterocycles. The molecule has 0 spiro atoms. The van der Waals surface area contributed by atoms with Gasteiger partial charge in [0.15, 0.2) is 0 Å². The van der Waals surface area contributed by atoms with Crippen LogP contribution < -0.4 is 5.32 Å². The third-order valence-electron chi connectivity index (χ3n) is 1.73. The van der Waals surface area contributed by atoms with E-state index in [-0.39, 0.29) is 6.04 Å². The molecule has 0 amide bonds. The highest BCUT2D eigenvalue weighted by Gasteiger charge is 2.28. The minimum Gasteiger partial charge on any atom is -0.480 e. The lowest BCUT2D eigenvalue weighted by Crippen LogP contribution is -2.36. The number of carboxylic acid groups (broad SMARTS) is 1. The van der Waals surface area contributed by atoms with Crippen molar-refractivity contribution in [1.82, 2.24) is 5.32 Å². The predicted molar refractivity (Wildman–Crippen MR) is 33.6 cm³/mol. The SMILES string of the molecule is O=C(O)[C@@H]1CC[C@@H](CF)N1. The molecule has 1 heterocycles. The van der Waals surface area contributed by atoms with Crippen LogP contribution in [0.1, 0.15) is 12.8 Å². The Hall–Kier alpha value is -0.640. The van der Waals surface area contributed by atoms with Crippen molar-refractivity contribution in [1.29, 1.82) is 0 Å². The van der Waals surface area contributed by atoms with Gasteiger partial charge in [0, 0.05) is 6.04 Å². The molecule has 1 fully saturated rings. The van der Waals surface area contributed by atoms with Crippen LogP contribution in [-0.2, 0) is 4.79 Å². The molecule has 0 aromatic rings. The molecule has 58 valence electrons. The number of rotatable bonds is 2. The van der Waals surface area contributed by atoms with Crippen molar-refractivity contribution in [2.24, 2.45) is 0 Å². The van der Waals surface area contributed by atoms with Crippen LogP contribution in [0.5, 0.6) is 0 Å². The van der Waals surface area contributed by atoms with Crippen LogP contribution in [0.25, 0.3) is 0 Å². The molecule has 2 N–H and O–H groups in total. The Morgan fingerprint density at radius 3 is 2.70 bits per heavy atom. The summed E-state index contributed by atoms with van der Waals surface area (Å²) in [5.74, 6) is -0.879. The maximum absolute atomic E-state index is 11.9. The van der Waals surface area contributed by atoms with E-state index in [4.69, 9.17) is 5.11 Å². The summed E-state index contributed by atoms with van der Waals surface area (Å²) in [7, 11) is 0. The molecule has 0 aromatic carbocycles. The summed E-state index contributed by atoms with van der Waals surface area (Å²) in [6.07, 6.45) is 1.18. The summed E-state index contributed by atoms with van der Waals surface area (Å²) in [5.41, 5.74) is 0. The Kier molecular flexibility index (Phi) is 2.21. The monoisotopic (exact) mass is 147 g/mol. The summed E-state index contributed by atoms with van der Waals surface area (Å²) in [6.45, 7) is -0.468. The Balaban J connectivity index is 2.35. The van der Waals surface area contributed by atoms with Crippen molar-refractivity contribution in [3.05, 3.63) is 0 Å². The van der Waals surface area contributed by atoms with Gasteiger partial charge in [0.2, 0.25) is 0 Å². The van der Waals surface area contributed by atoms with Crippen molar-refractivity contribution >= 4 is 5.97 Å². The summed E-state index contributed by atoms with van der Waals surface area (Å²) in [5, 5.41) is 11.1. The van der Waals surface area contributed by atoms with Gasteiger partial charge in [-0.15, -0.1) is 0 Å². The number of aliphatic carboxylic acids is 1. The normalized spacial score (nSPS) is 32.5. The second-order valence-electron chi connectivity index (χ2n) is 2.49. The number of alkyl halides is 1. The Bertz CT molecular complexity index is 140. The molecule has 1 saturated heterocycles. The number of carboxylic acids is 1. The van der Waals surface area contributed by atoms with Gasteiger partial charge in [-0.2, -0.15) is 0 Å². The predicted octanol–water partition coefficient (Wildman–Crippen LogP) is 0.161. The number of carbonyl (C=O) groups is 1. The van der Waals surface area contributed by atoms with E-state index in [1.54, 1.807) is 0 Å². The molecule has 2 atom stereocenters. The lowest BCUT2D eigenvalue weighted by molar-refractivity contribution is -0.139. The van der Waals surface area contributed by atoms with Gasteiger partial charge < -0.3 is 5.11 Å². The highest BCUT2D eigenvalue weighted by molar-refractivity contribution is 5.73. The molecule has 1 aliphatic rings. The van der Waals surface area contributed by atoms with E-state index >= 15 is 0 Å². The van der Waals surface area contributed by atoms with Crippen LogP contribution in [0.15, 0.2) is 0 Å². The summed E-state index contributed by atoms with van der Waals surface area (Å²) in [6, 6.07) is -0.762. The van der Waals surface area contributed by atoms with Crippen LogP contribution >= 0.6 is 0 Å². The quantitative estimate of drug-likeness (QED) is 0.585. The van der Waals surface area contributed by atoms with Gasteiger partial charge in [-0.25, -0.2) is 4.39 Å². The molecule has 4 heteroatoms. The van der Waals surface area contributed by atoms with E-state index in [9.17, 15) is 9.18 Å². The van der Waals surface area contributed by atoms with Crippen molar-refractivity contribution in [3.8, 4) is 0 Å². The fourth-order valence-electron chi connectivity index (χ4n) is 1.14. The van der Waals surface area contributed by atoms with Gasteiger partial charge in [0.1, 0.15) is 12.7 Å². The summed E-state index contributed by atoms with van der Waals surface area (Å²) >= 11 is 0. The van der Waals surface area contributed by atoms with Crippen LogP contribution in [0, 0.1) is 0 Å². The van der Waals surface area contributed by atoms with E-state index in [1.165, 1.54) is 0 Å². The maximum Gasteiger partial charge on any atom is 0.320 e. The van der Waals surface area contributed by atoms with Gasteiger partial charge in [0.05, 0.1) is 0 Å². The molecule has 0 aliphatic carbocycles. The highest BCUT2D eigenvalue weighted by Crippen LogP contribution is 2.12. The molecule has 0 aromatic heterocycles. The second-order valence-corrected chi connectivity index (χ2v) is 2.49. The average molecular weight is 147 g/mol. The number of hydrogen-bond acceptors (Lipinski definition) is 2. The summed E-state index contributed by atoms with van der Waals surface area (Å²) < 4.78 is 11.9. The first-order chi connectivity index (χ1) is 4.74. The molecule has 10 heavy (non-hydrogen) atoms. The maximum atomic E-state index is 11.9. The molecule has 1 rings (SSSR count).